The van der Waals surface area contributed by atoms with E-state index in [1.165, 1.54) is 4.68 Å². The molecule has 168 valence electrons. The summed E-state index contributed by atoms with van der Waals surface area (Å²) in [4.78, 5) is 24.8. The van der Waals surface area contributed by atoms with Crippen LogP contribution in [0.5, 0.6) is 0 Å². The molecule has 0 aromatic carbocycles. The molecule has 2 aromatic rings. The summed E-state index contributed by atoms with van der Waals surface area (Å²) in [5, 5.41) is 11.9. The molecule has 2 aromatic heterocycles. The Morgan fingerprint density at radius 1 is 1.16 bits per heavy atom. The predicted octanol–water partition coefficient (Wildman–Crippen LogP) is 1.92. The molecule has 0 aliphatic heterocycles. The molecule has 2 saturated carbocycles. The van der Waals surface area contributed by atoms with Gasteiger partial charge in [0.15, 0.2) is 0 Å². The molecular weight excluding hydrogens is 402 g/mol. The van der Waals surface area contributed by atoms with E-state index in [4.69, 9.17) is 14.2 Å². The molecule has 2 fully saturated rings. The molecule has 0 saturated heterocycles. The lowest BCUT2D eigenvalue weighted by molar-refractivity contribution is -0.145. The van der Waals surface area contributed by atoms with Gasteiger partial charge in [-0.2, -0.15) is 10.2 Å². The smallest absolute Gasteiger partial charge is 0.309 e. The van der Waals surface area contributed by atoms with Crippen LogP contribution in [0.25, 0.3) is 0 Å². The van der Waals surface area contributed by atoms with Crippen molar-refractivity contribution >= 4 is 17.7 Å². The van der Waals surface area contributed by atoms with E-state index in [0.29, 0.717) is 42.3 Å². The number of nitrogens with zero attached hydrogens (tertiary/aromatic N) is 4. The van der Waals surface area contributed by atoms with Crippen molar-refractivity contribution in [3.05, 3.63) is 29.2 Å². The number of anilines is 1. The summed E-state index contributed by atoms with van der Waals surface area (Å²) in [5.41, 5.74) is 2.02. The lowest BCUT2D eigenvalue weighted by atomic mass is 9.97. The maximum Gasteiger partial charge on any atom is 0.309 e. The Bertz CT molecular complexity index is 956. The number of fused-ring (bicyclic) bond motifs is 1. The molecule has 2 unspecified atom stereocenters. The zero-order valence-electron chi connectivity index (χ0n) is 18.3. The molecule has 4 rings (SSSR count). The van der Waals surface area contributed by atoms with E-state index >= 15 is 0 Å². The van der Waals surface area contributed by atoms with Crippen LogP contribution in [0.4, 0.5) is 5.82 Å². The molecule has 0 radical (unpaired) electrons. The maximum absolute atomic E-state index is 12.8. The van der Waals surface area contributed by atoms with E-state index < -0.39 is 0 Å². The van der Waals surface area contributed by atoms with Gasteiger partial charge in [-0.3, -0.25) is 14.3 Å². The third-order valence-corrected chi connectivity index (χ3v) is 6.17. The predicted molar refractivity (Wildman–Crippen MR) is 110 cm³/mol. The molecule has 2 heterocycles. The number of hydrogen-bond donors (Lipinski definition) is 1. The second kappa shape index (κ2) is 8.80. The van der Waals surface area contributed by atoms with Crippen LogP contribution in [0.15, 0.2) is 12.1 Å². The molecule has 1 N–H and O–H groups in total. The van der Waals surface area contributed by atoms with Crippen molar-refractivity contribution in [2.24, 2.45) is 24.8 Å². The van der Waals surface area contributed by atoms with E-state index in [0.717, 1.165) is 18.5 Å². The van der Waals surface area contributed by atoms with Crippen molar-refractivity contribution < 1.29 is 23.8 Å². The topological polar surface area (TPSA) is 110 Å². The maximum atomic E-state index is 12.8. The van der Waals surface area contributed by atoms with E-state index in [-0.39, 0.29) is 30.4 Å². The molecule has 2 aliphatic rings. The number of esters is 1. The number of ether oxygens (including phenoxy) is 3. The first kappa shape index (κ1) is 21.5. The zero-order chi connectivity index (χ0) is 22.1. The van der Waals surface area contributed by atoms with Crippen molar-refractivity contribution in [1.29, 1.82) is 0 Å². The molecule has 10 nitrogen and oxygen atoms in total. The molecule has 0 spiro atoms. The molecule has 31 heavy (non-hydrogen) atoms. The monoisotopic (exact) mass is 431 g/mol. The lowest BCUT2D eigenvalue weighted by Gasteiger charge is -2.11. The first-order chi connectivity index (χ1) is 15.0. The Morgan fingerprint density at radius 2 is 1.90 bits per heavy atom. The Balaban J connectivity index is 1.45. The van der Waals surface area contributed by atoms with E-state index in [1.807, 2.05) is 13.0 Å². The molecule has 2 aliphatic carbocycles. The summed E-state index contributed by atoms with van der Waals surface area (Å²) >= 11 is 0. The Kier molecular flexibility index (Phi) is 6.10. The number of aromatic nitrogens is 4. The van der Waals surface area contributed by atoms with Gasteiger partial charge in [-0.05, 0) is 37.7 Å². The van der Waals surface area contributed by atoms with Crippen molar-refractivity contribution in [1.82, 2.24) is 19.6 Å². The summed E-state index contributed by atoms with van der Waals surface area (Å²) in [6, 6.07) is 3.61. The fourth-order valence-corrected chi connectivity index (χ4v) is 4.77. The molecule has 10 heteroatoms. The SMILES string of the molecule is CCOC(=O)C1[C@H]2CC(c3cc(NC(=O)c4cc(COC)nn4C)n(COC)n3)C[C@@H]12. The van der Waals surface area contributed by atoms with Crippen LogP contribution in [-0.4, -0.2) is 52.3 Å². The van der Waals surface area contributed by atoms with Gasteiger partial charge < -0.3 is 19.5 Å². The van der Waals surface area contributed by atoms with Crippen LogP contribution >= 0.6 is 0 Å². The van der Waals surface area contributed by atoms with Crippen LogP contribution in [-0.2, 0) is 39.4 Å². The Hall–Kier alpha value is -2.72. The third kappa shape index (κ3) is 4.22. The number of carbonyl (C=O) groups excluding carboxylic acids is 2. The number of rotatable bonds is 9. The van der Waals surface area contributed by atoms with E-state index in [2.05, 4.69) is 15.5 Å². The molecule has 0 bridgehead atoms. The second-order valence-electron chi connectivity index (χ2n) is 8.18. The largest absolute Gasteiger partial charge is 0.466 e. The summed E-state index contributed by atoms with van der Waals surface area (Å²) in [7, 11) is 4.89. The standard InChI is InChI=1S/C21H29N5O5/c1-5-31-21(28)19-14-6-12(7-15(14)19)16-9-18(26(24-16)11-30-4)22-20(27)17-8-13(10-29-3)23-25(17)2/h8-9,12,14-15,19H,5-7,10-11H2,1-4H3,(H,22,27)/t12?,14-,15+,19?. The van der Waals surface area contributed by atoms with Gasteiger partial charge in [-0.15, -0.1) is 0 Å². The van der Waals surface area contributed by atoms with Crippen molar-refractivity contribution in [2.75, 3.05) is 26.1 Å². The van der Waals surface area contributed by atoms with Gasteiger partial charge in [-0.25, -0.2) is 4.68 Å². The molecule has 1 amide bonds. The number of carbonyl (C=O) groups is 2. The summed E-state index contributed by atoms with van der Waals surface area (Å²) < 4.78 is 18.7. The first-order valence-corrected chi connectivity index (χ1v) is 10.5. The normalized spacial score (nSPS) is 24.1. The van der Waals surface area contributed by atoms with Crippen molar-refractivity contribution in [2.45, 2.75) is 39.0 Å². The second-order valence-corrected chi connectivity index (χ2v) is 8.18. The number of amides is 1. The van der Waals surface area contributed by atoms with Gasteiger partial charge in [0, 0.05) is 33.3 Å². The van der Waals surface area contributed by atoms with E-state index in [9.17, 15) is 9.59 Å². The summed E-state index contributed by atoms with van der Waals surface area (Å²) in [5.74, 6) is 1.28. The number of aryl methyl sites for hydroxylation is 1. The quantitative estimate of drug-likeness (QED) is 0.604. The van der Waals surface area contributed by atoms with E-state index in [1.54, 1.807) is 32.0 Å². The van der Waals surface area contributed by atoms with Gasteiger partial charge in [0.25, 0.3) is 5.91 Å². The minimum absolute atomic E-state index is 0.0440. The average Bonchev–Trinajstić information content (AvgIpc) is 3.08. The van der Waals surface area contributed by atoms with Gasteiger partial charge in [0.05, 0.1) is 30.5 Å². The van der Waals surface area contributed by atoms with Gasteiger partial charge in [0.2, 0.25) is 0 Å². The highest BCUT2D eigenvalue weighted by molar-refractivity contribution is 6.02. The highest BCUT2D eigenvalue weighted by Gasteiger charge is 2.60. The van der Waals surface area contributed by atoms with Gasteiger partial charge >= 0.3 is 5.97 Å². The third-order valence-electron chi connectivity index (χ3n) is 6.17. The van der Waals surface area contributed by atoms with Gasteiger partial charge in [0.1, 0.15) is 18.2 Å². The van der Waals surface area contributed by atoms with Crippen LogP contribution in [0.1, 0.15) is 47.6 Å². The highest BCUT2D eigenvalue weighted by Crippen LogP contribution is 2.62. The van der Waals surface area contributed by atoms with Crippen LogP contribution in [0.2, 0.25) is 0 Å². The van der Waals surface area contributed by atoms with Crippen LogP contribution < -0.4 is 5.32 Å². The fraction of sp³-hybridized carbons (Fsp3) is 0.619. The van der Waals surface area contributed by atoms with Crippen LogP contribution in [0, 0.1) is 17.8 Å². The van der Waals surface area contributed by atoms with Gasteiger partial charge in [-0.1, -0.05) is 0 Å². The first-order valence-electron chi connectivity index (χ1n) is 10.5. The number of hydrogen-bond acceptors (Lipinski definition) is 7. The van der Waals surface area contributed by atoms with Crippen LogP contribution in [0.3, 0.4) is 0 Å². The number of nitrogens with one attached hydrogen (secondary N) is 1. The van der Waals surface area contributed by atoms with Crippen molar-refractivity contribution in [3.8, 4) is 0 Å². The summed E-state index contributed by atoms with van der Waals surface area (Å²) in [6.45, 7) is 2.82. The Morgan fingerprint density at radius 3 is 2.55 bits per heavy atom. The van der Waals surface area contributed by atoms with Crippen molar-refractivity contribution in [3.63, 3.8) is 0 Å². The molecule has 4 atom stereocenters. The Labute approximate surface area is 180 Å². The zero-order valence-corrected chi connectivity index (χ0v) is 18.3. The minimum atomic E-state index is -0.280. The summed E-state index contributed by atoms with van der Waals surface area (Å²) in [6.07, 6.45) is 1.82. The lowest BCUT2D eigenvalue weighted by Crippen LogP contribution is -2.19. The molecular formula is C21H29N5O5. The highest BCUT2D eigenvalue weighted by atomic mass is 16.5. The minimum Gasteiger partial charge on any atom is -0.466 e. The fourth-order valence-electron chi connectivity index (χ4n) is 4.77. The number of methoxy groups -OCH3 is 2. The average molecular weight is 431 g/mol.